The molecule has 0 bridgehead atoms. The quantitative estimate of drug-likeness (QED) is 0.325. The zero-order chi connectivity index (χ0) is 29.9. The van der Waals surface area contributed by atoms with Crippen molar-refractivity contribution in [1.29, 1.82) is 0 Å². The second kappa shape index (κ2) is 12.4. The molecule has 0 aliphatic carbocycles. The number of aryl methyl sites for hydroxylation is 1. The van der Waals surface area contributed by atoms with Crippen LogP contribution in [0.25, 0.3) is 0 Å². The van der Waals surface area contributed by atoms with E-state index in [1.807, 2.05) is 18.9 Å². The molecule has 1 saturated heterocycles. The molecule has 3 atom stereocenters. The molecule has 1 N–H and O–H groups in total. The monoisotopic (exact) mass is 589 g/mol. The zero-order valence-electron chi connectivity index (χ0n) is 22.6. The van der Waals surface area contributed by atoms with Crippen LogP contribution in [0.1, 0.15) is 53.0 Å². The van der Waals surface area contributed by atoms with E-state index in [-0.39, 0.29) is 24.8 Å². The molecule has 3 aromatic rings. The molecule has 0 spiro atoms. The van der Waals surface area contributed by atoms with Gasteiger partial charge in [-0.15, -0.1) is 0 Å². The van der Waals surface area contributed by atoms with Crippen molar-refractivity contribution in [2.75, 3.05) is 26.7 Å². The second-order valence-electron chi connectivity index (χ2n) is 9.73. The molecular weight excluding hydrogens is 559 g/mol. The number of aromatic nitrogens is 3. The Labute approximate surface area is 232 Å². The minimum atomic E-state index is -4.99. The van der Waals surface area contributed by atoms with Crippen molar-refractivity contribution in [3.8, 4) is 0 Å². The number of hydrogen-bond donors (Lipinski definition) is 1. The number of likely N-dealkylation sites (N-methyl/N-ethyl adjacent to an activating group) is 1. The van der Waals surface area contributed by atoms with Crippen LogP contribution in [-0.4, -0.2) is 52.7 Å². The predicted molar refractivity (Wildman–Crippen MR) is 134 cm³/mol. The van der Waals surface area contributed by atoms with E-state index in [9.17, 15) is 30.7 Å². The molecule has 1 fully saturated rings. The van der Waals surface area contributed by atoms with Gasteiger partial charge in [-0.05, 0) is 62.4 Å². The molecule has 0 unspecified atom stereocenters. The third-order valence-corrected chi connectivity index (χ3v) is 6.76. The topological polar surface area (TPSA) is 64.4 Å². The van der Waals surface area contributed by atoms with Crippen LogP contribution in [0.15, 0.2) is 42.5 Å². The molecule has 0 radical (unpaired) electrons. The maximum absolute atomic E-state index is 13.8. The Morgan fingerprint density at radius 2 is 1.68 bits per heavy atom. The van der Waals surface area contributed by atoms with Gasteiger partial charge in [-0.2, -0.15) is 31.4 Å². The van der Waals surface area contributed by atoms with Gasteiger partial charge < -0.3 is 14.8 Å². The van der Waals surface area contributed by atoms with Crippen molar-refractivity contribution in [2.45, 2.75) is 57.7 Å². The van der Waals surface area contributed by atoms with Gasteiger partial charge in [0.15, 0.2) is 12.1 Å². The lowest BCUT2D eigenvalue weighted by Crippen LogP contribution is -2.46. The van der Waals surface area contributed by atoms with Crippen LogP contribution in [0.5, 0.6) is 0 Å². The first kappa shape index (κ1) is 30.9. The number of rotatable bonds is 9. The lowest BCUT2D eigenvalue weighted by atomic mass is 10.0. The first-order valence-corrected chi connectivity index (χ1v) is 12.9. The summed E-state index contributed by atoms with van der Waals surface area (Å²) in [5.41, 5.74) is -2.61. The molecular formula is C27H30F7N5O2. The number of benzene rings is 2. The zero-order valence-corrected chi connectivity index (χ0v) is 22.6. The molecule has 0 amide bonds. The Morgan fingerprint density at radius 1 is 1.05 bits per heavy atom. The minimum Gasteiger partial charge on any atom is -0.349 e. The number of nitrogens with zero attached hydrogens (tertiary/aromatic N) is 4. The molecule has 14 heteroatoms. The molecule has 4 rings (SSSR count). The molecule has 224 valence electrons. The molecule has 2 aromatic carbocycles. The molecule has 1 aliphatic heterocycles. The van der Waals surface area contributed by atoms with Gasteiger partial charge in [0.05, 0.1) is 43.0 Å². The van der Waals surface area contributed by atoms with Crippen LogP contribution in [-0.2, 0) is 34.9 Å². The Bertz CT molecular complexity index is 1280. The van der Waals surface area contributed by atoms with Crippen molar-refractivity contribution in [1.82, 2.24) is 25.0 Å². The number of nitrogens with one attached hydrogen (secondary N) is 1. The predicted octanol–water partition coefficient (Wildman–Crippen LogP) is 5.66. The SMILES string of the molecule is CNCCn1nc(CN2CCO[C@H](O[C@H](C)c3cc(C(F)(F)F)cc(C(F)(F)F)c3)[C@@H]2c2ccc(F)cc2)nc1C. The Morgan fingerprint density at radius 3 is 2.27 bits per heavy atom. The van der Waals surface area contributed by atoms with Crippen LogP contribution in [0.3, 0.4) is 0 Å². The lowest BCUT2D eigenvalue weighted by molar-refractivity contribution is -0.231. The van der Waals surface area contributed by atoms with E-state index in [0.717, 1.165) is 0 Å². The largest absolute Gasteiger partial charge is 0.416 e. The highest BCUT2D eigenvalue weighted by molar-refractivity contribution is 5.34. The van der Waals surface area contributed by atoms with E-state index in [1.165, 1.54) is 31.2 Å². The summed E-state index contributed by atoms with van der Waals surface area (Å²) < 4.78 is 108. The van der Waals surface area contributed by atoms with Gasteiger partial charge in [0.2, 0.25) is 0 Å². The van der Waals surface area contributed by atoms with Crippen LogP contribution in [0, 0.1) is 12.7 Å². The van der Waals surface area contributed by atoms with Crippen molar-refractivity contribution >= 4 is 0 Å². The average Bonchev–Trinajstić information content (AvgIpc) is 3.25. The number of ether oxygens (including phenoxy) is 2. The summed E-state index contributed by atoms with van der Waals surface area (Å²) in [5.74, 6) is 0.729. The third kappa shape index (κ3) is 7.61. The van der Waals surface area contributed by atoms with Gasteiger partial charge >= 0.3 is 12.4 Å². The van der Waals surface area contributed by atoms with Gasteiger partial charge in [-0.3, -0.25) is 4.90 Å². The van der Waals surface area contributed by atoms with Crippen LogP contribution < -0.4 is 5.32 Å². The van der Waals surface area contributed by atoms with Crippen molar-refractivity contribution in [3.05, 3.63) is 82.2 Å². The molecule has 2 heterocycles. The summed E-state index contributed by atoms with van der Waals surface area (Å²) in [6.45, 7) is 5.25. The maximum atomic E-state index is 13.8. The molecule has 0 saturated carbocycles. The Balaban J connectivity index is 1.64. The van der Waals surface area contributed by atoms with Gasteiger partial charge in [-0.1, -0.05) is 12.1 Å². The average molecular weight is 590 g/mol. The van der Waals surface area contributed by atoms with Gasteiger partial charge in [0.25, 0.3) is 0 Å². The lowest BCUT2D eigenvalue weighted by Gasteiger charge is -2.41. The highest BCUT2D eigenvalue weighted by atomic mass is 19.4. The second-order valence-corrected chi connectivity index (χ2v) is 9.73. The van der Waals surface area contributed by atoms with Crippen molar-refractivity contribution in [2.24, 2.45) is 0 Å². The van der Waals surface area contributed by atoms with Crippen molar-refractivity contribution in [3.63, 3.8) is 0 Å². The summed E-state index contributed by atoms with van der Waals surface area (Å²) in [6, 6.07) is 6.21. The van der Waals surface area contributed by atoms with E-state index in [0.29, 0.717) is 49.0 Å². The fourth-order valence-corrected chi connectivity index (χ4v) is 4.66. The Hall–Kier alpha value is -3.07. The van der Waals surface area contributed by atoms with Crippen LogP contribution >= 0.6 is 0 Å². The van der Waals surface area contributed by atoms with E-state index in [1.54, 1.807) is 4.68 Å². The summed E-state index contributed by atoms with van der Waals surface area (Å²) >= 11 is 0. The normalized spacial score (nSPS) is 19.5. The molecule has 41 heavy (non-hydrogen) atoms. The molecule has 7 nitrogen and oxygen atoms in total. The fraction of sp³-hybridized carbons (Fsp3) is 0.481. The summed E-state index contributed by atoms with van der Waals surface area (Å²) in [7, 11) is 1.82. The summed E-state index contributed by atoms with van der Waals surface area (Å²) in [6.07, 6.45) is -12.3. The molecule has 1 aromatic heterocycles. The third-order valence-electron chi connectivity index (χ3n) is 6.76. The van der Waals surface area contributed by atoms with Gasteiger partial charge in [-0.25, -0.2) is 14.1 Å². The summed E-state index contributed by atoms with van der Waals surface area (Å²) in [5, 5.41) is 7.59. The first-order chi connectivity index (χ1) is 19.3. The van der Waals surface area contributed by atoms with Gasteiger partial charge in [0.1, 0.15) is 11.6 Å². The van der Waals surface area contributed by atoms with E-state index in [4.69, 9.17) is 9.47 Å². The first-order valence-electron chi connectivity index (χ1n) is 12.9. The van der Waals surface area contributed by atoms with E-state index in [2.05, 4.69) is 15.4 Å². The molecule has 1 aliphatic rings. The minimum absolute atomic E-state index is 0.0705. The number of halogens is 7. The van der Waals surface area contributed by atoms with E-state index < -0.39 is 47.7 Å². The van der Waals surface area contributed by atoms with Crippen molar-refractivity contribution < 1.29 is 40.2 Å². The fourth-order valence-electron chi connectivity index (χ4n) is 4.66. The Kier molecular flexibility index (Phi) is 9.36. The van der Waals surface area contributed by atoms with Crippen LogP contribution in [0.2, 0.25) is 0 Å². The summed E-state index contributed by atoms with van der Waals surface area (Å²) in [4.78, 5) is 6.46. The standard InChI is InChI=1S/C27H30F7N5O2/c1-16(19-12-20(26(29,30)31)14-21(13-19)27(32,33)34)41-25-24(18-4-6-22(28)7-5-18)38(10-11-40-25)15-23-36-17(2)39(37-23)9-8-35-3/h4-7,12-14,16,24-25,35H,8-11,15H2,1-3H3/t16-,24+,25-/m1/s1. The highest BCUT2D eigenvalue weighted by Crippen LogP contribution is 2.39. The van der Waals surface area contributed by atoms with E-state index >= 15 is 0 Å². The number of morpholine rings is 1. The van der Waals surface area contributed by atoms with Gasteiger partial charge in [0, 0.05) is 13.1 Å². The smallest absolute Gasteiger partial charge is 0.349 e. The highest BCUT2D eigenvalue weighted by Gasteiger charge is 2.39. The number of hydrogen-bond acceptors (Lipinski definition) is 6. The number of alkyl halides is 6. The maximum Gasteiger partial charge on any atom is 0.416 e. The van der Waals surface area contributed by atoms with Crippen LogP contribution in [0.4, 0.5) is 30.7 Å².